The van der Waals surface area contributed by atoms with E-state index in [4.69, 9.17) is 34.7 Å². The van der Waals surface area contributed by atoms with Gasteiger partial charge in [0.25, 0.3) is 0 Å². The van der Waals surface area contributed by atoms with Gasteiger partial charge in [-0.2, -0.15) is 0 Å². The predicted molar refractivity (Wildman–Crippen MR) is 87.0 cm³/mol. The molecule has 1 aromatic rings. The minimum atomic E-state index is 0.280. The molecule has 0 aliphatic carbocycles. The van der Waals surface area contributed by atoms with E-state index in [-0.39, 0.29) is 6.61 Å². The Hall–Kier alpha value is -0.680. The molecule has 0 saturated carbocycles. The molecule has 1 fully saturated rings. The van der Waals surface area contributed by atoms with E-state index >= 15 is 0 Å². The maximum absolute atomic E-state index is 9.06. The van der Waals surface area contributed by atoms with Crippen LogP contribution in [0.15, 0.2) is 18.2 Å². The lowest BCUT2D eigenvalue weighted by Crippen LogP contribution is -2.35. The molecule has 1 unspecified atom stereocenters. The van der Waals surface area contributed by atoms with Gasteiger partial charge in [-0.05, 0) is 43.4 Å². The van der Waals surface area contributed by atoms with Crippen molar-refractivity contribution < 1.29 is 5.11 Å². The van der Waals surface area contributed by atoms with E-state index < -0.39 is 0 Å². The van der Waals surface area contributed by atoms with E-state index in [1.165, 1.54) is 12.8 Å². The molecule has 3 nitrogen and oxygen atoms in total. The topological polar surface area (TPSA) is 49.5 Å². The van der Waals surface area contributed by atoms with E-state index in [0.717, 1.165) is 42.2 Å². The molecule has 1 atom stereocenters. The number of halogens is 1. The third-order valence-corrected chi connectivity index (χ3v) is 4.46. The van der Waals surface area contributed by atoms with Crippen LogP contribution in [0.5, 0.6) is 0 Å². The summed E-state index contributed by atoms with van der Waals surface area (Å²) in [5.41, 5.74) is 7.53. The molecule has 1 aromatic carbocycles. The van der Waals surface area contributed by atoms with Crippen LogP contribution in [0.1, 0.15) is 30.4 Å². The number of aliphatic hydroxyl groups excluding tert-OH is 1. The Morgan fingerprint density at radius 1 is 1.50 bits per heavy atom. The monoisotopic (exact) mass is 312 g/mol. The van der Waals surface area contributed by atoms with Crippen molar-refractivity contribution in [2.24, 2.45) is 11.7 Å². The molecule has 110 valence electrons. The predicted octanol–water partition coefficient (Wildman–Crippen LogP) is 2.57. The van der Waals surface area contributed by atoms with Crippen LogP contribution >= 0.6 is 23.8 Å². The van der Waals surface area contributed by atoms with Crippen molar-refractivity contribution in [3.8, 4) is 0 Å². The second kappa shape index (κ2) is 7.36. The highest BCUT2D eigenvalue weighted by atomic mass is 35.5. The summed E-state index contributed by atoms with van der Waals surface area (Å²) >= 11 is 11.3. The van der Waals surface area contributed by atoms with E-state index in [1.54, 1.807) is 0 Å². The zero-order chi connectivity index (χ0) is 14.5. The maximum atomic E-state index is 9.06. The summed E-state index contributed by atoms with van der Waals surface area (Å²) in [6.07, 6.45) is 3.29. The summed E-state index contributed by atoms with van der Waals surface area (Å²) in [5.74, 6) is 0.600. The largest absolute Gasteiger partial charge is 0.396 e. The van der Waals surface area contributed by atoms with Gasteiger partial charge in [-0.25, -0.2) is 0 Å². The van der Waals surface area contributed by atoms with Crippen LogP contribution in [0.25, 0.3) is 0 Å². The van der Waals surface area contributed by atoms with Crippen molar-refractivity contribution in [3.63, 3.8) is 0 Å². The highest BCUT2D eigenvalue weighted by molar-refractivity contribution is 7.80. The third kappa shape index (κ3) is 4.16. The fourth-order valence-electron chi connectivity index (χ4n) is 2.78. The third-order valence-electron chi connectivity index (χ3n) is 3.87. The Morgan fingerprint density at radius 2 is 2.30 bits per heavy atom. The first kappa shape index (κ1) is 15.7. The van der Waals surface area contributed by atoms with Crippen molar-refractivity contribution in [2.45, 2.75) is 25.8 Å². The second-order valence-corrected chi connectivity index (χ2v) is 6.27. The van der Waals surface area contributed by atoms with Crippen LogP contribution in [0.3, 0.4) is 0 Å². The normalized spacial score (nSPS) is 20.0. The highest BCUT2D eigenvalue weighted by Gasteiger charge is 2.20. The zero-order valence-electron chi connectivity index (χ0n) is 11.5. The van der Waals surface area contributed by atoms with Crippen LogP contribution in [0.2, 0.25) is 5.02 Å². The molecule has 5 heteroatoms. The number of nitrogens with zero attached hydrogens (tertiary/aromatic N) is 1. The van der Waals surface area contributed by atoms with Gasteiger partial charge < -0.3 is 10.8 Å². The molecular weight excluding hydrogens is 292 g/mol. The molecule has 0 amide bonds. The molecule has 1 aliphatic rings. The lowest BCUT2D eigenvalue weighted by atomic mass is 9.95. The molecule has 1 heterocycles. The van der Waals surface area contributed by atoms with Crippen LogP contribution in [-0.4, -0.2) is 34.7 Å². The van der Waals surface area contributed by atoms with Crippen LogP contribution < -0.4 is 5.73 Å². The van der Waals surface area contributed by atoms with Crippen molar-refractivity contribution in [1.82, 2.24) is 4.90 Å². The lowest BCUT2D eigenvalue weighted by molar-refractivity contribution is 0.142. The van der Waals surface area contributed by atoms with Gasteiger partial charge in [0.15, 0.2) is 0 Å². The van der Waals surface area contributed by atoms with Crippen molar-refractivity contribution in [1.29, 1.82) is 0 Å². The summed E-state index contributed by atoms with van der Waals surface area (Å²) < 4.78 is 0. The molecule has 1 saturated heterocycles. The Morgan fingerprint density at radius 3 is 2.95 bits per heavy atom. The Balaban J connectivity index is 2.00. The summed E-state index contributed by atoms with van der Waals surface area (Å²) in [6, 6.07) is 5.78. The summed E-state index contributed by atoms with van der Waals surface area (Å²) in [6.45, 7) is 3.25. The number of piperidine rings is 1. The van der Waals surface area contributed by atoms with Gasteiger partial charge in [-0.15, -0.1) is 0 Å². The number of hydrogen-bond donors (Lipinski definition) is 2. The maximum Gasteiger partial charge on any atom is 0.104 e. The van der Waals surface area contributed by atoms with E-state index in [1.807, 2.05) is 18.2 Å². The smallest absolute Gasteiger partial charge is 0.104 e. The number of rotatable bonds is 5. The number of benzene rings is 1. The summed E-state index contributed by atoms with van der Waals surface area (Å²) in [7, 11) is 0. The number of hydrogen-bond acceptors (Lipinski definition) is 3. The van der Waals surface area contributed by atoms with Gasteiger partial charge in [0, 0.05) is 30.3 Å². The first-order valence-corrected chi connectivity index (χ1v) is 7.80. The van der Waals surface area contributed by atoms with Gasteiger partial charge in [0.05, 0.1) is 0 Å². The standard InChI is InChI=1S/C15H21ClN2OS/c16-14-8-12(15(17)20)3-4-13(14)10-18-6-1-2-11(9-18)5-7-19/h3-4,8,11,19H,1-2,5-7,9-10H2,(H2,17,20). The SMILES string of the molecule is NC(=S)c1ccc(CN2CCCC(CCO)C2)c(Cl)c1. The Labute approximate surface area is 130 Å². The summed E-state index contributed by atoms with van der Waals surface area (Å²) in [5, 5.41) is 9.78. The van der Waals surface area contributed by atoms with Crippen molar-refractivity contribution in [2.75, 3.05) is 19.7 Å². The van der Waals surface area contributed by atoms with Gasteiger partial charge in [-0.1, -0.05) is 36.0 Å². The number of aliphatic hydroxyl groups is 1. The molecule has 2 rings (SSSR count). The second-order valence-electron chi connectivity index (χ2n) is 5.43. The Kier molecular flexibility index (Phi) is 5.78. The molecule has 0 aromatic heterocycles. The number of thiocarbonyl (C=S) groups is 1. The minimum Gasteiger partial charge on any atom is -0.396 e. The van der Waals surface area contributed by atoms with Crippen LogP contribution in [0, 0.1) is 5.92 Å². The average molecular weight is 313 g/mol. The van der Waals surface area contributed by atoms with Crippen LogP contribution in [0.4, 0.5) is 0 Å². The molecule has 0 bridgehead atoms. The van der Waals surface area contributed by atoms with E-state index in [9.17, 15) is 0 Å². The van der Waals surface area contributed by atoms with Crippen molar-refractivity contribution >= 4 is 28.8 Å². The van der Waals surface area contributed by atoms with Crippen LogP contribution in [-0.2, 0) is 6.54 Å². The van der Waals surface area contributed by atoms with Gasteiger partial charge >= 0.3 is 0 Å². The molecule has 0 spiro atoms. The fourth-order valence-corrected chi connectivity index (χ4v) is 3.15. The molecule has 0 radical (unpaired) electrons. The average Bonchev–Trinajstić information content (AvgIpc) is 2.42. The molecule has 20 heavy (non-hydrogen) atoms. The number of likely N-dealkylation sites (tertiary alicyclic amines) is 1. The molecule has 3 N–H and O–H groups in total. The fraction of sp³-hybridized carbons (Fsp3) is 0.533. The molecule has 1 aliphatic heterocycles. The number of nitrogens with two attached hydrogens (primary N) is 1. The van der Waals surface area contributed by atoms with E-state index in [0.29, 0.717) is 10.9 Å². The lowest BCUT2D eigenvalue weighted by Gasteiger charge is -2.32. The minimum absolute atomic E-state index is 0.280. The van der Waals surface area contributed by atoms with Gasteiger partial charge in [0.2, 0.25) is 0 Å². The quantitative estimate of drug-likeness (QED) is 0.821. The van der Waals surface area contributed by atoms with E-state index in [2.05, 4.69) is 4.90 Å². The Bertz CT molecular complexity index is 479. The highest BCUT2D eigenvalue weighted by Crippen LogP contribution is 2.24. The summed E-state index contributed by atoms with van der Waals surface area (Å²) in [4.78, 5) is 2.78. The van der Waals surface area contributed by atoms with Gasteiger partial charge in [0.1, 0.15) is 4.99 Å². The first-order chi connectivity index (χ1) is 9.60. The molecular formula is C15H21ClN2OS. The van der Waals surface area contributed by atoms with Gasteiger partial charge in [-0.3, -0.25) is 4.90 Å². The van der Waals surface area contributed by atoms with Crippen molar-refractivity contribution in [3.05, 3.63) is 34.3 Å². The first-order valence-electron chi connectivity index (χ1n) is 7.01. The zero-order valence-corrected chi connectivity index (χ0v) is 13.1.